The molecule has 0 saturated carbocycles. The van der Waals surface area contributed by atoms with Crippen LogP contribution in [0.5, 0.6) is 0 Å². The van der Waals surface area contributed by atoms with Gasteiger partial charge in [0.25, 0.3) is 0 Å². The first kappa shape index (κ1) is 15.4. The van der Waals surface area contributed by atoms with Crippen molar-refractivity contribution in [3.63, 3.8) is 0 Å². The van der Waals surface area contributed by atoms with Crippen molar-refractivity contribution < 1.29 is 4.39 Å². The Kier molecular flexibility index (Phi) is 4.94. The zero-order valence-electron chi connectivity index (χ0n) is 10.9. The number of aromatic nitrogens is 2. The first-order valence-electron chi connectivity index (χ1n) is 6.33. The Morgan fingerprint density at radius 3 is 2.29 bits per heavy atom. The molecule has 7 heteroatoms. The van der Waals surface area contributed by atoms with Crippen molar-refractivity contribution in [2.75, 3.05) is 17.3 Å². The van der Waals surface area contributed by atoms with Crippen LogP contribution in [0.25, 0.3) is 11.1 Å². The maximum atomic E-state index is 13.0. The normalized spacial score (nSPS) is 18.7. The van der Waals surface area contributed by atoms with Crippen molar-refractivity contribution in [2.24, 2.45) is 0 Å². The van der Waals surface area contributed by atoms with E-state index in [4.69, 9.17) is 23.2 Å². The van der Waals surface area contributed by atoms with E-state index in [9.17, 15) is 4.39 Å². The number of thioether (sulfide) groups is 2. The van der Waals surface area contributed by atoms with Crippen LogP contribution in [0.4, 0.5) is 4.39 Å². The van der Waals surface area contributed by atoms with Crippen LogP contribution in [-0.4, -0.2) is 27.2 Å². The van der Waals surface area contributed by atoms with E-state index in [2.05, 4.69) is 9.97 Å². The average molecular weight is 361 g/mol. The molecular formula is C14H11Cl2FN2S2. The standard InChI is InChI=1S/C14H11Cl2FN2S2/c15-12-11(8-1-3-9(17)4-2-8)13(16)19-14(18-12)10-7-20-5-6-21-10/h1-4,10H,5-7H2. The van der Waals surface area contributed by atoms with Crippen LogP contribution in [0.3, 0.4) is 0 Å². The molecule has 0 radical (unpaired) electrons. The Morgan fingerprint density at radius 2 is 1.71 bits per heavy atom. The molecule has 2 heterocycles. The zero-order chi connectivity index (χ0) is 14.8. The van der Waals surface area contributed by atoms with Gasteiger partial charge >= 0.3 is 0 Å². The van der Waals surface area contributed by atoms with Crippen LogP contribution >= 0.6 is 46.7 Å². The second-order valence-corrected chi connectivity index (χ2v) is 7.66. The molecule has 0 amide bonds. The maximum absolute atomic E-state index is 13.0. The first-order chi connectivity index (χ1) is 10.1. The molecule has 3 rings (SSSR count). The molecule has 1 fully saturated rings. The van der Waals surface area contributed by atoms with Crippen LogP contribution in [0.1, 0.15) is 11.1 Å². The summed E-state index contributed by atoms with van der Waals surface area (Å²) in [5, 5.41) is 0.849. The second-order valence-electron chi connectivity index (χ2n) is 4.48. The van der Waals surface area contributed by atoms with Crippen molar-refractivity contribution in [1.29, 1.82) is 0 Å². The number of nitrogens with zero attached hydrogens (tertiary/aromatic N) is 2. The van der Waals surface area contributed by atoms with E-state index < -0.39 is 0 Å². The SMILES string of the molecule is Fc1ccc(-c2c(Cl)nc(C3CSCCS3)nc2Cl)cc1. The number of rotatable bonds is 2. The van der Waals surface area contributed by atoms with E-state index in [0.29, 0.717) is 27.3 Å². The largest absolute Gasteiger partial charge is 0.219 e. The number of hydrogen-bond donors (Lipinski definition) is 0. The molecule has 1 aliphatic heterocycles. The smallest absolute Gasteiger partial charge is 0.145 e. The van der Waals surface area contributed by atoms with E-state index in [-0.39, 0.29) is 11.1 Å². The van der Waals surface area contributed by atoms with Crippen LogP contribution in [0.15, 0.2) is 24.3 Å². The summed E-state index contributed by atoms with van der Waals surface area (Å²) >= 11 is 16.3. The summed E-state index contributed by atoms with van der Waals surface area (Å²) in [5.74, 6) is 3.56. The second kappa shape index (κ2) is 6.73. The Labute approximate surface area is 140 Å². The molecule has 1 atom stereocenters. The minimum absolute atomic E-state index is 0.223. The van der Waals surface area contributed by atoms with Gasteiger partial charge in [0.2, 0.25) is 0 Å². The highest BCUT2D eigenvalue weighted by molar-refractivity contribution is 8.06. The summed E-state index contributed by atoms with van der Waals surface area (Å²) in [5.41, 5.74) is 1.26. The Hall–Kier alpha value is -0.490. The molecule has 1 saturated heterocycles. The minimum Gasteiger partial charge on any atom is -0.219 e. The third-order valence-electron chi connectivity index (χ3n) is 3.07. The highest BCUT2D eigenvalue weighted by Crippen LogP contribution is 2.39. The molecule has 2 nitrogen and oxygen atoms in total. The third kappa shape index (κ3) is 3.47. The van der Waals surface area contributed by atoms with Crippen LogP contribution < -0.4 is 0 Å². The summed E-state index contributed by atoms with van der Waals surface area (Å²) < 4.78 is 13.0. The molecule has 110 valence electrons. The van der Waals surface area contributed by atoms with Crippen molar-refractivity contribution >= 4 is 46.7 Å². The molecule has 0 N–H and O–H groups in total. The van der Waals surface area contributed by atoms with E-state index in [1.807, 2.05) is 23.5 Å². The van der Waals surface area contributed by atoms with Gasteiger partial charge in [0.1, 0.15) is 21.9 Å². The molecule has 1 aromatic carbocycles. The van der Waals surface area contributed by atoms with E-state index in [0.717, 1.165) is 17.3 Å². The van der Waals surface area contributed by atoms with Crippen molar-refractivity contribution in [3.05, 3.63) is 46.2 Å². The van der Waals surface area contributed by atoms with Gasteiger partial charge in [-0.1, -0.05) is 35.3 Å². The van der Waals surface area contributed by atoms with Crippen LogP contribution in [0, 0.1) is 5.82 Å². The fourth-order valence-corrected chi connectivity index (χ4v) is 5.28. The fraction of sp³-hybridized carbons (Fsp3) is 0.286. The molecule has 0 aliphatic carbocycles. The molecule has 2 aromatic rings. The lowest BCUT2D eigenvalue weighted by atomic mass is 10.1. The summed E-state index contributed by atoms with van der Waals surface area (Å²) in [6.45, 7) is 0. The molecule has 1 aromatic heterocycles. The Balaban J connectivity index is 1.97. The maximum Gasteiger partial charge on any atom is 0.145 e. The molecule has 0 bridgehead atoms. The third-order valence-corrected chi connectivity index (χ3v) is 6.37. The molecule has 1 unspecified atom stereocenters. The van der Waals surface area contributed by atoms with E-state index in [1.165, 1.54) is 12.1 Å². The van der Waals surface area contributed by atoms with Gasteiger partial charge in [-0.15, -0.1) is 11.8 Å². The van der Waals surface area contributed by atoms with Crippen LogP contribution in [0.2, 0.25) is 10.3 Å². The molecule has 0 spiro atoms. The summed E-state index contributed by atoms with van der Waals surface area (Å²) in [4.78, 5) is 8.80. The number of halogens is 3. The lowest BCUT2D eigenvalue weighted by molar-refractivity contribution is 0.628. The topological polar surface area (TPSA) is 25.8 Å². The average Bonchev–Trinajstić information content (AvgIpc) is 2.49. The summed E-state index contributed by atoms with van der Waals surface area (Å²) in [6.07, 6.45) is 0. The number of hydrogen-bond acceptors (Lipinski definition) is 4. The van der Waals surface area contributed by atoms with Gasteiger partial charge in [-0.05, 0) is 17.7 Å². The van der Waals surface area contributed by atoms with Gasteiger partial charge in [-0.25, -0.2) is 14.4 Å². The molecule has 21 heavy (non-hydrogen) atoms. The lowest BCUT2D eigenvalue weighted by Crippen LogP contribution is -2.11. The summed E-state index contributed by atoms with van der Waals surface area (Å²) in [6, 6.07) is 5.97. The van der Waals surface area contributed by atoms with Gasteiger partial charge in [0.05, 0.1) is 10.8 Å². The van der Waals surface area contributed by atoms with E-state index >= 15 is 0 Å². The lowest BCUT2D eigenvalue weighted by Gasteiger charge is -2.20. The predicted octanol–water partition coefficient (Wildman–Crippen LogP) is 5.11. The van der Waals surface area contributed by atoms with Gasteiger partial charge in [0.15, 0.2) is 0 Å². The zero-order valence-corrected chi connectivity index (χ0v) is 14.0. The fourth-order valence-electron chi connectivity index (χ4n) is 2.06. The molecular weight excluding hydrogens is 350 g/mol. The van der Waals surface area contributed by atoms with Gasteiger partial charge in [-0.2, -0.15) is 11.8 Å². The van der Waals surface area contributed by atoms with Crippen LogP contribution in [-0.2, 0) is 0 Å². The van der Waals surface area contributed by atoms with Gasteiger partial charge in [0, 0.05) is 17.3 Å². The van der Waals surface area contributed by atoms with E-state index in [1.54, 1.807) is 12.1 Å². The monoisotopic (exact) mass is 360 g/mol. The van der Waals surface area contributed by atoms with Gasteiger partial charge < -0.3 is 0 Å². The Morgan fingerprint density at radius 1 is 1.05 bits per heavy atom. The number of benzene rings is 1. The highest BCUT2D eigenvalue weighted by Gasteiger charge is 2.22. The van der Waals surface area contributed by atoms with Crippen molar-refractivity contribution in [3.8, 4) is 11.1 Å². The predicted molar refractivity (Wildman–Crippen MR) is 90.0 cm³/mol. The minimum atomic E-state index is -0.306. The first-order valence-corrected chi connectivity index (χ1v) is 9.29. The van der Waals surface area contributed by atoms with Gasteiger partial charge in [-0.3, -0.25) is 0 Å². The highest BCUT2D eigenvalue weighted by atomic mass is 35.5. The van der Waals surface area contributed by atoms with Crippen molar-refractivity contribution in [1.82, 2.24) is 9.97 Å². The molecule has 1 aliphatic rings. The van der Waals surface area contributed by atoms with Crippen molar-refractivity contribution in [2.45, 2.75) is 5.25 Å². The summed E-state index contributed by atoms with van der Waals surface area (Å²) in [7, 11) is 0. The Bertz CT molecular complexity index is 623. The quantitative estimate of drug-likeness (QED) is 0.694.